The number of rotatable bonds is 6. The molecular formula is C14H19ClO3. The van der Waals surface area contributed by atoms with Crippen LogP contribution in [0.4, 0.5) is 0 Å². The molecule has 0 radical (unpaired) electrons. The average molecular weight is 271 g/mol. The highest BCUT2D eigenvalue weighted by atomic mass is 35.5. The molecule has 1 rings (SSSR count). The molecule has 0 aliphatic carbocycles. The van der Waals surface area contributed by atoms with E-state index >= 15 is 0 Å². The number of esters is 1. The maximum absolute atomic E-state index is 11.3. The molecule has 0 saturated carbocycles. The van der Waals surface area contributed by atoms with Gasteiger partial charge in [-0.25, -0.2) is 0 Å². The first-order chi connectivity index (χ1) is 8.49. The lowest BCUT2D eigenvalue weighted by Gasteiger charge is -2.12. The van der Waals surface area contributed by atoms with Crippen LogP contribution < -0.4 is 0 Å². The van der Waals surface area contributed by atoms with Crippen molar-refractivity contribution in [3.63, 3.8) is 0 Å². The van der Waals surface area contributed by atoms with E-state index < -0.39 is 6.10 Å². The van der Waals surface area contributed by atoms with E-state index in [9.17, 15) is 9.90 Å². The monoisotopic (exact) mass is 270 g/mol. The lowest BCUT2D eigenvalue weighted by atomic mass is 10.0. The van der Waals surface area contributed by atoms with Gasteiger partial charge in [-0.05, 0) is 38.3 Å². The van der Waals surface area contributed by atoms with Gasteiger partial charge in [0.1, 0.15) is 0 Å². The van der Waals surface area contributed by atoms with Crippen LogP contribution in [0.5, 0.6) is 0 Å². The van der Waals surface area contributed by atoms with Gasteiger partial charge in [0.2, 0.25) is 0 Å². The molecule has 100 valence electrons. The van der Waals surface area contributed by atoms with Crippen LogP contribution in [0, 0.1) is 0 Å². The molecule has 0 aromatic heterocycles. The molecule has 0 heterocycles. The lowest BCUT2D eigenvalue weighted by molar-refractivity contribution is -0.148. The molecule has 0 fully saturated rings. The molecule has 0 aliphatic rings. The van der Waals surface area contributed by atoms with Crippen LogP contribution in [0.3, 0.4) is 0 Å². The molecule has 1 aromatic carbocycles. The van der Waals surface area contributed by atoms with Crippen molar-refractivity contribution >= 4 is 17.6 Å². The van der Waals surface area contributed by atoms with Gasteiger partial charge in [-0.3, -0.25) is 4.79 Å². The number of halogens is 1. The second-order valence-corrected chi connectivity index (χ2v) is 4.93. The summed E-state index contributed by atoms with van der Waals surface area (Å²) in [6.07, 6.45) is 0.373. The minimum atomic E-state index is -0.579. The van der Waals surface area contributed by atoms with Crippen LogP contribution in [0.15, 0.2) is 24.3 Å². The standard InChI is InChI=1S/C14H19ClO3/c1-10(2)18-14(17)8-7-12(16)9-11-5-3-4-6-13(11)15/h3-6,10,12,16H,7-9H2,1-2H3. The molecular weight excluding hydrogens is 252 g/mol. The Labute approximate surface area is 113 Å². The van der Waals surface area contributed by atoms with E-state index in [2.05, 4.69) is 0 Å². The minimum Gasteiger partial charge on any atom is -0.463 e. The van der Waals surface area contributed by atoms with Gasteiger partial charge in [0.05, 0.1) is 12.2 Å². The van der Waals surface area contributed by atoms with Gasteiger partial charge in [0, 0.05) is 11.4 Å². The quantitative estimate of drug-likeness (QED) is 0.809. The Morgan fingerprint density at radius 3 is 2.67 bits per heavy atom. The molecule has 0 aliphatic heterocycles. The van der Waals surface area contributed by atoms with E-state index in [4.69, 9.17) is 16.3 Å². The minimum absolute atomic E-state index is 0.113. The van der Waals surface area contributed by atoms with Crippen LogP contribution in [-0.2, 0) is 16.0 Å². The molecule has 1 N–H and O–H groups in total. The lowest BCUT2D eigenvalue weighted by Crippen LogP contribution is -2.16. The maximum atomic E-state index is 11.3. The van der Waals surface area contributed by atoms with Crippen molar-refractivity contribution in [1.82, 2.24) is 0 Å². The molecule has 0 bridgehead atoms. The molecule has 0 amide bonds. The summed E-state index contributed by atoms with van der Waals surface area (Å²) in [5.41, 5.74) is 0.892. The number of carbonyl (C=O) groups excluding carboxylic acids is 1. The highest BCUT2D eigenvalue weighted by molar-refractivity contribution is 6.31. The van der Waals surface area contributed by atoms with Crippen molar-refractivity contribution in [2.24, 2.45) is 0 Å². The third-order valence-corrected chi connectivity index (χ3v) is 2.83. The Morgan fingerprint density at radius 2 is 2.06 bits per heavy atom. The Kier molecular flexibility index (Phi) is 6.16. The normalized spacial score (nSPS) is 12.5. The number of carbonyl (C=O) groups is 1. The topological polar surface area (TPSA) is 46.5 Å². The summed E-state index contributed by atoms with van der Waals surface area (Å²) in [4.78, 5) is 11.3. The molecule has 3 nitrogen and oxygen atoms in total. The van der Waals surface area contributed by atoms with Crippen LogP contribution in [0.25, 0.3) is 0 Å². The molecule has 1 aromatic rings. The van der Waals surface area contributed by atoms with E-state index in [0.29, 0.717) is 17.9 Å². The summed E-state index contributed by atoms with van der Waals surface area (Å²) in [6, 6.07) is 7.38. The molecule has 18 heavy (non-hydrogen) atoms. The summed E-state index contributed by atoms with van der Waals surface area (Å²) in [6.45, 7) is 3.61. The first-order valence-electron chi connectivity index (χ1n) is 6.10. The molecule has 0 saturated heterocycles. The van der Waals surface area contributed by atoms with E-state index in [0.717, 1.165) is 5.56 Å². The average Bonchev–Trinajstić information content (AvgIpc) is 2.29. The number of hydrogen-bond donors (Lipinski definition) is 1. The van der Waals surface area contributed by atoms with Crippen molar-refractivity contribution in [2.75, 3.05) is 0 Å². The summed E-state index contributed by atoms with van der Waals surface area (Å²) >= 11 is 6.00. The molecule has 1 atom stereocenters. The van der Waals surface area contributed by atoms with Gasteiger partial charge in [-0.1, -0.05) is 29.8 Å². The van der Waals surface area contributed by atoms with Crippen molar-refractivity contribution in [3.05, 3.63) is 34.9 Å². The van der Waals surface area contributed by atoms with Gasteiger partial charge in [-0.2, -0.15) is 0 Å². The van der Waals surface area contributed by atoms with Gasteiger partial charge in [-0.15, -0.1) is 0 Å². The number of benzene rings is 1. The number of aliphatic hydroxyl groups is 1. The fraction of sp³-hybridized carbons (Fsp3) is 0.500. The predicted octanol–water partition coefficient (Wildman–Crippen LogP) is 2.98. The second kappa shape index (κ2) is 7.39. The SMILES string of the molecule is CC(C)OC(=O)CCC(O)Cc1ccccc1Cl. The number of aliphatic hydroxyl groups excluding tert-OH is 1. The molecule has 4 heteroatoms. The third-order valence-electron chi connectivity index (χ3n) is 2.46. The molecule has 0 spiro atoms. The highest BCUT2D eigenvalue weighted by Gasteiger charge is 2.12. The van der Waals surface area contributed by atoms with Crippen molar-refractivity contribution in [1.29, 1.82) is 0 Å². The van der Waals surface area contributed by atoms with Crippen LogP contribution in [0.1, 0.15) is 32.3 Å². The summed E-state index contributed by atoms with van der Waals surface area (Å²) in [7, 11) is 0. The van der Waals surface area contributed by atoms with Crippen LogP contribution in [0.2, 0.25) is 5.02 Å². The maximum Gasteiger partial charge on any atom is 0.306 e. The zero-order valence-electron chi connectivity index (χ0n) is 10.7. The van der Waals surface area contributed by atoms with Crippen LogP contribution in [-0.4, -0.2) is 23.3 Å². The van der Waals surface area contributed by atoms with E-state index in [1.54, 1.807) is 19.9 Å². The number of hydrogen-bond acceptors (Lipinski definition) is 3. The zero-order valence-corrected chi connectivity index (χ0v) is 11.5. The second-order valence-electron chi connectivity index (χ2n) is 4.53. The molecule has 1 unspecified atom stereocenters. The summed E-state index contributed by atoms with van der Waals surface area (Å²) < 4.78 is 5.00. The van der Waals surface area contributed by atoms with Crippen molar-refractivity contribution in [3.8, 4) is 0 Å². The third kappa shape index (κ3) is 5.52. The van der Waals surface area contributed by atoms with Crippen molar-refractivity contribution < 1.29 is 14.6 Å². The summed E-state index contributed by atoms with van der Waals surface area (Å²) in [5, 5.41) is 10.5. The predicted molar refractivity (Wildman–Crippen MR) is 71.6 cm³/mol. The van der Waals surface area contributed by atoms with E-state index in [1.165, 1.54) is 0 Å². The number of ether oxygens (including phenoxy) is 1. The van der Waals surface area contributed by atoms with Crippen LogP contribution >= 0.6 is 11.6 Å². The van der Waals surface area contributed by atoms with Gasteiger partial charge >= 0.3 is 5.97 Å². The summed E-state index contributed by atoms with van der Waals surface area (Å²) in [5.74, 6) is -0.275. The Hall–Kier alpha value is -1.06. The van der Waals surface area contributed by atoms with Crippen molar-refractivity contribution in [2.45, 2.75) is 45.3 Å². The fourth-order valence-electron chi connectivity index (χ4n) is 1.63. The van der Waals surface area contributed by atoms with Gasteiger partial charge < -0.3 is 9.84 Å². The first-order valence-corrected chi connectivity index (χ1v) is 6.47. The smallest absolute Gasteiger partial charge is 0.306 e. The zero-order chi connectivity index (χ0) is 13.5. The van der Waals surface area contributed by atoms with Gasteiger partial charge in [0.25, 0.3) is 0 Å². The Bertz CT molecular complexity index is 390. The first kappa shape index (κ1) is 15.0. The highest BCUT2D eigenvalue weighted by Crippen LogP contribution is 2.18. The Balaban J connectivity index is 2.36. The largest absolute Gasteiger partial charge is 0.463 e. The fourth-order valence-corrected chi connectivity index (χ4v) is 1.84. The van der Waals surface area contributed by atoms with Gasteiger partial charge in [0.15, 0.2) is 0 Å². The Morgan fingerprint density at radius 1 is 1.39 bits per heavy atom. The van der Waals surface area contributed by atoms with E-state index in [-0.39, 0.29) is 18.5 Å². The van der Waals surface area contributed by atoms with E-state index in [1.807, 2.05) is 18.2 Å².